The van der Waals surface area contributed by atoms with E-state index in [-0.39, 0.29) is 12.4 Å². The van der Waals surface area contributed by atoms with Gasteiger partial charge in [-0.2, -0.15) is 0 Å². The molecule has 0 spiro atoms. The van der Waals surface area contributed by atoms with Crippen LogP contribution in [0.4, 0.5) is 9.18 Å². The van der Waals surface area contributed by atoms with Gasteiger partial charge in [0.15, 0.2) is 0 Å². The van der Waals surface area contributed by atoms with E-state index in [1.54, 1.807) is 32.9 Å². The van der Waals surface area contributed by atoms with Crippen molar-refractivity contribution in [3.8, 4) is 0 Å². The molecule has 1 heterocycles. The Morgan fingerprint density at radius 2 is 1.69 bits per heavy atom. The summed E-state index contributed by atoms with van der Waals surface area (Å²) < 4.78 is 24.4. The molecule has 1 atom stereocenters. The molecule has 0 aliphatic carbocycles. The van der Waals surface area contributed by atoms with Crippen molar-refractivity contribution < 1.29 is 23.5 Å². The predicted octanol–water partition coefficient (Wildman–Crippen LogP) is 4.61. The molecule has 29 heavy (non-hydrogen) atoms. The van der Waals surface area contributed by atoms with Crippen molar-refractivity contribution in [2.24, 2.45) is 0 Å². The highest BCUT2D eigenvalue weighted by atomic mass is 19.1. The second-order valence-electron chi connectivity index (χ2n) is 7.86. The standard InChI is InChI=1S/C23H24FNO4/c1-23(2,3)29-22(27)25-19(13-16-7-5-4-6-8-16)20(14-21(25)26)28-15-17-9-11-18(24)12-10-17/h4-12,14,19H,13,15H2,1-3H3/t19-/m0/s1. The first-order valence-electron chi connectivity index (χ1n) is 9.42. The highest BCUT2D eigenvalue weighted by molar-refractivity contribution is 6.02. The van der Waals surface area contributed by atoms with E-state index in [1.165, 1.54) is 18.2 Å². The first-order chi connectivity index (χ1) is 13.7. The third kappa shape index (κ3) is 5.44. The average molecular weight is 397 g/mol. The number of carbonyl (C=O) groups excluding carboxylic acids is 2. The zero-order valence-electron chi connectivity index (χ0n) is 16.7. The zero-order chi connectivity index (χ0) is 21.0. The molecule has 0 N–H and O–H groups in total. The monoisotopic (exact) mass is 397 g/mol. The van der Waals surface area contributed by atoms with Gasteiger partial charge in [-0.1, -0.05) is 42.5 Å². The van der Waals surface area contributed by atoms with Crippen LogP contribution in [0.5, 0.6) is 0 Å². The summed E-state index contributed by atoms with van der Waals surface area (Å²) in [7, 11) is 0. The van der Waals surface area contributed by atoms with E-state index in [9.17, 15) is 14.0 Å². The quantitative estimate of drug-likeness (QED) is 0.739. The van der Waals surface area contributed by atoms with Gasteiger partial charge in [0.1, 0.15) is 29.8 Å². The van der Waals surface area contributed by atoms with Gasteiger partial charge in [0, 0.05) is 12.5 Å². The van der Waals surface area contributed by atoms with Crippen LogP contribution in [-0.4, -0.2) is 28.5 Å². The smallest absolute Gasteiger partial charge is 0.418 e. The molecule has 1 aliphatic rings. The van der Waals surface area contributed by atoms with E-state index < -0.39 is 23.6 Å². The van der Waals surface area contributed by atoms with Crippen molar-refractivity contribution in [2.75, 3.05) is 0 Å². The molecule has 0 aromatic heterocycles. The van der Waals surface area contributed by atoms with Crippen LogP contribution >= 0.6 is 0 Å². The molecule has 152 valence electrons. The molecule has 3 rings (SSSR count). The second kappa shape index (κ2) is 8.47. The maximum Gasteiger partial charge on any atom is 0.418 e. The first kappa shape index (κ1) is 20.6. The van der Waals surface area contributed by atoms with Crippen LogP contribution < -0.4 is 0 Å². The SMILES string of the molecule is CC(C)(C)OC(=O)N1C(=O)C=C(OCc2ccc(F)cc2)[C@@H]1Cc1ccccc1. The van der Waals surface area contributed by atoms with Crippen LogP contribution in [0.15, 0.2) is 66.4 Å². The Bertz CT molecular complexity index is 901. The molecule has 0 saturated carbocycles. The van der Waals surface area contributed by atoms with Gasteiger partial charge in [-0.25, -0.2) is 14.1 Å². The van der Waals surface area contributed by atoms with Gasteiger partial charge in [-0.3, -0.25) is 4.79 Å². The van der Waals surface area contributed by atoms with Gasteiger partial charge in [-0.05, 0) is 44.0 Å². The van der Waals surface area contributed by atoms with Crippen molar-refractivity contribution in [3.05, 3.63) is 83.4 Å². The van der Waals surface area contributed by atoms with Crippen LogP contribution in [0, 0.1) is 5.82 Å². The largest absolute Gasteiger partial charge is 0.491 e. The Morgan fingerprint density at radius 3 is 2.31 bits per heavy atom. The number of benzene rings is 2. The molecule has 0 saturated heterocycles. The van der Waals surface area contributed by atoms with E-state index in [1.807, 2.05) is 30.3 Å². The highest BCUT2D eigenvalue weighted by Gasteiger charge is 2.41. The number of nitrogens with zero attached hydrogens (tertiary/aromatic N) is 1. The zero-order valence-corrected chi connectivity index (χ0v) is 16.7. The van der Waals surface area contributed by atoms with Crippen molar-refractivity contribution in [2.45, 2.75) is 45.4 Å². The Labute approximate surface area is 169 Å². The number of hydrogen-bond acceptors (Lipinski definition) is 4. The number of rotatable bonds is 5. The Hall–Kier alpha value is -3.15. The van der Waals surface area contributed by atoms with Crippen molar-refractivity contribution in [1.82, 2.24) is 4.90 Å². The fourth-order valence-corrected chi connectivity index (χ4v) is 3.01. The number of hydrogen-bond donors (Lipinski definition) is 0. The third-order valence-corrected chi connectivity index (χ3v) is 4.32. The lowest BCUT2D eigenvalue weighted by atomic mass is 10.0. The van der Waals surface area contributed by atoms with Gasteiger partial charge >= 0.3 is 6.09 Å². The summed E-state index contributed by atoms with van der Waals surface area (Å²) in [6, 6.07) is 14.9. The molecular formula is C23H24FNO4. The predicted molar refractivity (Wildman–Crippen MR) is 106 cm³/mol. The summed E-state index contributed by atoms with van der Waals surface area (Å²) in [5.74, 6) is -0.426. The van der Waals surface area contributed by atoms with Gasteiger partial charge in [0.25, 0.3) is 5.91 Å². The van der Waals surface area contributed by atoms with Crippen LogP contribution in [0.3, 0.4) is 0 Å². The molecule has 2 amide bonds. The normalized spacial score (nSPS) is 16.6. The number of halogens is 1. The minimum Gasteiger partial charge on any atom is -0.491 e. The van der Waals surface area contributed by atoms with E-state index in [2.05, 4.69) is 0 Å². The summed E-state index contributed by atoms with van der Waals surface area (Å²) in [5, 5.41) is 0. The van der Waals surface area contributed by atoms with Crippen molar-refractivity contribution >= 4 is 12.0 Å². The van der Waals surface area contributed by atoms with Crippen LogP contribution in [0.25, 0.3) is 0 Å². The number of amides is 2. The first-order valence-corrected chi connectivity index (χ1v) is 9.42. The van der Waals surface area contributed by atoms with Gasteiger partial charge in [0.2, 0.25) is 0 Å². The lowest BCUT2D eigenvalue weighted by Crippen LogP contribution is -2.44. The summed E-state index contributed by atoms with van der Waals surface area (Å²) >= 11 is 0. The van der Waals surface area contributed by atoms with Gasteiger partial charge in [-0.15, -0.1) is 0 Å². The number of imide groups is 1. The molecule has 0 fully saturated rings. The lowest BCUT2D eigenvalue weighted by Gasteiger charge is -2.28. The Kier molecular flexibility index (Phi) is 6.01. The number of ether oxygens (including phenoxy) is 2. The fourth-order valence-electron chi connectivity index (χ4n) is 3.01. The third-order valence-electron chi connectivity index (χ3n) is 4.32. The molecule has 0 radical (unpaired) electrons. The molecule has 2 aromatic carbocycles. The van der Waals surface area contributed by atoms with Crippen LogP contribution in [0.1, 0.15) is 31.9 Å². The van der Waals surface area contributed by atoms with Gasteiger partial charge in [0.05, 0.1) is 0 Å². The molecule has 0 bridgehead atoms. The molecule has 5 nitrogen and oxygen atoms in total. The maximum atomic E-state index is 13.1. The van der Waals surface area contributed by atoms with E-state index in [0.29, 0.717) is 12.2 Å². The summed E-state index contributed by atoms with van der Waals surface area (Å²) in [5.41, 5.74) is 0.984. The number of carbonyl (C=O) groups is 2. The minimum atomic E-state index is -0.730. The van der Waals surface area contributed by atoms with Crippen LogP contribution in [-0.2, 0) is 27.3 Å². The second-order valence-corrected chi connectivity index (χ2v) is 7.86. The van der Waals surface area contributed by atoms with Gasteiger partial charge < -0.3 is 9.47 Å². The molecule has 6 heteroatoms. The van der Waals surface area contributed by atoms with Crippen LogP contribution in [0.2, 0.25) is 0 Å². The van der Waals surface area contributed by atoms with E-state index in [0.717, 1.165) is 16.0 Å². The molecule has 1 aliphatic heterocycles. The van der Waals surface area contributed by atoms with E-state index in [4.69, 9.17) is 9.47 Å². The highest BCUT2D eigenvalue weighted by Crippen LogP contribution is 2.27. The summed E-state index contributed by atoms with van der Waals surface area (Å²) in [6.45, 7) is 5.40. The molecule has 2 aromatic rings. The Morgan fingerprint density at radius 1 is 1.03 bits per heavy atom. The Balaban J connectivity index is 1.80. The van der Waals surface area contributed by atoms with Crippen molar-refractivity contribution in [3.63, 3.8) is 0 Å². The molecule has 0 unspecified atom stereocenters. The summed E-state index contributed by atoms with van der Waals surface area (Å²) in [6.07, 6.45) is 1.02. The van der Waals surface area contributed by atoms with E-state index >= 15 is 0 Å². The lowest BCUT2D eigenvalue weighted by molar-refractivity contribution is -0.125. The topological polar surface area (TPSA) is 55.8 Å². The minimum absolute atomic E-state index is 0.160. The fraction of sp³-hybridized carbons (Fsp3) is 0.304. The summed E-state index contributed by atoms with van der Waals surface area (Å²) in [4.78, 5) is 26.4. The van der Waals surface area contributed by atoms with Crippen molar-refractivity contribution in [1.29, 1.82) is 0 Å². The average Bonchev–Trinajstić information content (AvgIpc) is 2.96. The molecular weight excluding hydrogens is 373 g/mol. The maximum absolute atomic E-state index is 13.1.